The van der Waals surface area contributed by atoms with Gasteiger partial charge in [-0.05, 0) is 18.6 Å². The summed E-state index contributed by atoms with van der Waals surface area (Å²) in [6.07, 6.45) is 0. The SMILES string of the molecule is CC1SCC(C(=O)O)N1C(=O)C1CNc2ccccc21. The minimum atomic E-state index is -0.922. The van der Waals surface area contributed by atoms with Crippen LogP contribution >= 0.6 is 11.8 Å². The van der Waals surface area contributed by atoms with Crippen molar-refractivity contribution in [2.24, 2.45) is 0 Å². The van der Waals surface area contributed by atoms with E-state index in [2.05, 4.69) is 5.32 Å². The molecule has 6 heteroatoms. The third-order valence-electron chi connectivity index (χ3n) is 3.89. The number of hydrogen-bond acceptors (Lipinski definition) is 4. The Hall–Kier alpha value is -1.69. The van der Waals surface area contributed by atoms with E-state index in [-0.39, 0.29) is 17.2 Å². The maximum atomic E-state index is 12.7. The molecular formula is C14H16N2O3S. The summed E-state index contributed by atoms with van der Waals surface area (Å²) >= 11 is 1.51. The second kappa shape index (κ2) is 5.01. The molecule has 1 saturated heterocycles. The Labute approximate surface area is 121 Å². The van der Waals surface area contributed by atoms with Gasteiger partial charge in [0.1, 0.15) is 6.04 Å². The number of carboxylic acid groups (broad SMARTS) is 1. The Bertz CT molecular complexity index is 563. The first-order valence-electron chi connectivity index (χ1n) is 6.59. The minimum absolute atomic E-state index is 0.0867. The molecule has 0 aliphatic carbocycles. The molecule has 1 fully saturated rings. The maximum Gasteiger partial charge on any atom is 0.327 e. The molecule has 2 aliphatic rings. The third-order valence-corrected chi connectivity index (χ3v) is 5.11. The van der Waals surface area contributed by atoms with Gasteiger partial charge in [-0.25, -0.2) is 4.79 Å². The summed E-state index contributed by atoms with van der Waals surface area (Å²) < 4.78 is 0. The molecule has 2 aliphatic heterocycles. The van der Waals surface area contributed by atoms with E-state index in [1.807, 2.05) is 31.2 Å². The molecule has 2 N–H and O–H groups in total. The van der Waals surface area contributed by atoms with Crippen molar-refractivity contribution >= 4 is 29.3 Å². The van der Waals surface area contributed by atoms with Crippen molar-refractivity contribution in [1.29, 1.82) is 0 Å². The largest absolute Gasteiger partial charge is 0.480 e. The number of aliphatic carboxylic acids is 1. The molecule has 0 saturated carbocycles. The number of nitrogens with zero attached hydrogens (tertiary/aromatic N) is 1. The lowest BCUT2D eigenvalue weighted by Gasteiger charge is -2.27. The summed E-state index contributed by atoms with van der Waals surface area (Å²) in [5, 5.41) is 12.4. The highest BCUT2D eigenvalue weighted by atomic mass is 32.2. The second-order valence-corrected chi connectivity index (χ2v) is 6.40. The van der Waals surface area contributed by atoms with Gasteiger partial charge in [0, 0.05) is 18.0 Å². The lowest BCUT2D eigenvalue weighted by atomic mass is 9.99. The van der Waals surface area contributed by atoms with E-state index in [1.165, 1.54) is 16.7 Å². The molecule has 2 heterocycles. The van der Waals surface area contributed by atoms with Crippen LogP contribution in [0.1, 0.15) is 18.4 Å². The number of amides is 1. The van der Waals surface area contributed by atoms with E-state index >= 15 is 0 Å². The number of carboxylic acids is 1. The highest BCUT2D eigenvalue weighted by Crippen LogP contribution is 2.37. The fourth-order valence-electron chi connectivity index (χ4n) is 2.85. The van der Waals surface area contributed by atoms with Crippen molar-refractivity contribution in [2.75, 3.05) is 17.6 Å². The van der Waals surface area contributed by atoms with Gasteiger partial charge in [-0.15, -0.1) is 11.8 Å². The minimum Gasteiger partial charge on any atom is -0.480 e. The zero-order chi connectivity index (χ0) is 14.3. The Kier molecular flexibility index (Phi) is 3.33. The molecule has 0 radical (unpaired) electrons. The Morgan fingerprint density at radius 3 is 2.90 bits per heavy atom. The molecular weight excluding hydrogens is 276 g/mol. The molecule has 106 valence electrons. The Morgan fingerprint density at radius 2 is 2.15 bits per heavy atom. The highest BCUT2D eigenvalue weighted by Gasteiger charge is 2.43. The molecule has 0 spiro atoms. The van der Waals surface area contributed by atoms with Gasteiger partial charge in [0.15, 0.2) is 0 Å². The smallest absolute Gasteiger partial charge is 0.327 e. The molecule has 5 nitrogen and oxygen atoms in total. The summed E-state index contributed by atoms with van der Waals surface area (Å²) in [6.45, 7) is 2.43. The zero-order valence-electron chi connectivity index (χ0n) is 11.1. The number of hydrogen-bond donors (Lipinski definition) is 2. The number of thioether (sulfide) groups is 1. The third kappa shape index (κ3) is 2.04. The van der Waals surface area contributed by atoms with Crippen LogP contribution in [0.15, 0.2) is 24.3 Å². The average Bonchev–Trinajstić information content (AvgIpc) is 3.01. The molecule has 3 unspecified atom stereocenters. The molecule has 0 bridgehead atoms. The lowest BCUT2D eigenvalue weighted by Crippen LogP contribution is -2.47. The Balaban J connectivity index is 1.88. The summed E-state index contributed by atoms with van der Waals surface area (Å²) in [4.78, 5) is 25.6. The van der Waals surface area contributed by atoms with E-state index < -0.39 is 12.0 Å². The predicted molar refractivity (Wildman–Crippen MR) is 77.9 cm³/mol. The van der Waals surface area contributed by atoms with Gasteiger partial charge in [0.25, 0.3) is 0 Å². The predicted octanol–water partition coefficient (Wildman–Crippen LogP) is 1.57. The number of carbonyl (C=O) groups excluding carboxylic acids is 1. The van der Waals surface area contributed by atoms with Crippen LogP contribution in [0.25, 0.3) is 0 Å². The summed E-state index contributed by atoms with van der Waals surface area (Å²) in [7, 11) is 0. The number of nitrogens with one attached hydrogen (secondary N) is 1. The van der Waals surface area contributed by atoms with E-state index in [1.54, 1.807) is 0 Å². The van der Waals surface area contributed by atoms with Gasteiger partial charge in [0.2, 0.25) is 5.91 Å². The number of para-hydroxylation sites is 1. The standard InChI is InChI=1S/C14H16N2O3S/c1-8-16(12(7-20-8)14(18)19)13(17)10-6-15-11-5-3-2-4-9(10)11/h2-5,8,10,12,15H,6-7H2,1H3,(H,18,19). The fraction of sp³-hybridized carbons (Fsp3) is 0.429. The average molecular weight is 292 g/mol. The highest BCUT2D eigenvalue weighted by molar-refractivity contribution is 8.00. The molecule has 3 rings (SSSR count). The van der Waals surface area contributed by atoms with Crippen molar-refractivity contribution in [1.82, 2.24) is 4.90 Å². The van der Waals surface area contributed by atoms with Crippen molar-refractivity contribution in [2.45, 2.75) is 24.3 Å². The van der Waals surface area contributed by atoms with E-state index in [4.69, 9.17) is 0 Å². The lowest BCUT2D eigenvalue weighted by molar-refractivity contribution is -0.149. The van der Waals surface area contributed by atoms with Crippen LogP contribution in [0.5, 0.6) is 0 Å². The van der Waals surface area contributed by atoms with Gasteiger partial charge in [-0.3, -0.25) is 4.79 Å². The number of benzene rings is 1. The van der Waals surface area contributed by atoms with Gasteiger partial charge < -0.3 is 15.3 Å². The molecule has 3 atom stereocenters. The zero-order valence-corrected chi connectivity index (χ0v) is 11.9. The van der Waals surface area contributed by atoms with E-state index in [9.17, 15) is 14.7 Å². The first-order chi connectivity index (χ1) is 9.59. The summed E-state index contributed by atoms with van der Waals surface area (Å²) in [6, 6.07) is 6.99. The monoisotopic (exact) mass is 292 g/mol. The molecule has 1 aromatic rings. The van der Waals surface area contributed by atoms with Gasteiger partial charge in [-0.2, -0.15) is 0 Å². The quantitative estimate of drug-likeness (QED) is 0.866. The van der Waals surface area contributed by atoms with Crippen LogP contribution in [0.3, 0.4) is 0 Å². The molecule has 0 aromatic heterocycles. The number of carbonyl (C=O) groups is 2. The first-order valence-corrected chi connectivity index (χ1v) is 7.64. The van der Waals surface area contributed by atoms with Gasteiger partial charge in [-0.1, -0.05) is 18.2 Å². The van der Waals surface area contributed by atoms with E-state index in [0.717, 1.165) is 11.3 Å². The van der Waals surface area contributed by atoms with Crippen molar-refractivity contribution in [3.8, 4) is 0 Å². The van der Waals surface area contributed by atoms with Gasteiger partial charge in [0.05, 0.1) is 11.3 Å². The molecule has 20 heavy (non-hydrogen) atoms. The molecule has 1 aromatic carbocycles. The van der Waals surface area contributed by atoms with Gasteiger partial charge >= 0.3 is 5.97 Å². The second-order valence-electron chi connectivity index (χ2n) is 5.05. The van der Waals surface area contributed by atoms with Crippen LogP contribution in [0.2, 0.25) is 0 Å². The van der Waals surface area contributed by atoms with Crippen LogP contribution < -0.4 is 5.32 Å². The molecule has 1 amide bonds. The summed E-state index contributed by atoms with van der Waals surface area (Å²) in [5.41, 5.74) is 1.93. The van der Waals surface area contributed by atoms with Crippen LogP contribution in [-0.2, 0) is 9.59 Å². The number of anilines is 1. The normalized spacial score (nSPS) is 28.1. The Morgan fingerprint density at radius 1 is 1.40 bits per heavy atom. The number of rotatable bonds is 2. The number of fused-ring (bicyclic) bond motifs is 1. The van der Waals surface area contributed by atoms with Crippen LogP contribution in [-0.4, -0.2) is 45.6 Å². The van der Waals surface area contributed by atoms with Crippen LogP contribution in [0, 0.1) is 0 Å². The van der Waals surface area contributed by atoms with E-state index in [0.29, 0.717) is 12.3 Å². The van der Waals surface area contributed by atoms with Crippen molar-refractivity contribution in [3.05, 3.63) is 29.8 Å². The van der Waals surface area contributed by atoms with Crippen LogP contribution in [0.4, 0.5) is 5.69 Å². The summed E-state index contributed by atoms with van der Waals surface area (Å²) in [5.74, 6) is -0.833. The van der Waals surface area contributed by atoms with Crippen molar-refractivity contribution in [3.63, 3.8) is 0 Å². The first kappa shape index (κ1) is 13.3. The fourth-order valence-corrected chi connectivity index (χ4v) is 4.03. The topological polar surface area (TPSA) is 69.6 Å². The van der Waals surface area contributed by atoms with Crippen molar-refractivity contribution < 1.29 is 14.7 Å². The maximum absolute atomic E-state index is 12.7.